The monoisotopic (exact) mass is 372 g/mol. The van der Waals surface area contributed by atoms with Gasteiger partial charge in [0.2, 0.25) is 0 Å². The van der Waals surface area contributed by atoms with E-state index in [1.54, 1.807) is 6.08 Å². The van der Waals surface area contributed by atoms with Crippen LogP contribution < -0.4 is 0 Å². The highest BCUT2D eigenvalue weighted by Gasteiger charge is 2.62. The number of hydrogen-bond acceptors (Lipinski definition) is 4. The van der Waals surface area contributed by atoms with Crippen molar-refractivity contribution in [2.24, 2.45) is 34.5 Å². The van der Waals surface area contributed by atoms with Crippen molar-refractivity contribution < 1.29 is 19.4 Å². The Morgan fingerprint density at radius 1 is 1.26 bits per heavy atom. The van der Waals surface area contributed by atoms with Crippen LogP contribution in [0.5, 0.6) is 0 Å². The van der Waals surface area contributed by atoms with Crippen LogP contribution in [0.15, 0.2) is 23.5 Å². The molecule has 0 aromatic rings. The summed E-state index contributed by atoms with van der Waals surface area (Å²) < 4.78 is 5.94. The topological polar surface area (TPSA) is 63.6 Å². The van der Waals surface area contributed by atoms with Gasteiger partial charge < -0.3 is 9.84 Å². The van der Waals surface area contributed by atoms with E-state index < -0.39 is 5.41 Å². The summed E-state index contributed by atoms with van der Waals surface area (Å²) >= 11 is 0. The van der Waals surface area contributed by atoms with Gasteiger partial charge in [-0.3, -0.25) is 9.59 Å². The number of carbonyl (C=O) groups excluding carboxylic acids is 2. The molecule has 4 rings (SSSR count). The Kier molecular flexibility index (Phi) is 4.32. The van der Waals surface area contributed by atoms with Gasteiger partial charge in [-0.25, -0.2) is 0 Å². The first kappa shape index (κ1) is 18.8. The number of carbonyl (C=O) groups is 2. The highest BCUT2D eigenvalue weighted by Crippen LogP contribution is 2.66. The van der Waals surface area contributed by atoms with Gasteiger partial charge >= 0.3 is 5.97 Å². The van der Waals surface area contributed by atoms with Gasteiger partial charge in [0.15, 0.2) is 5.78 Å². The summed E-state index contributed by atoms with van der Waals surface area (Å²) in [6, 6.07) is 0. The van der Waals surface area contributed by atoms with Crippen LogP contribution in [-0.4, -0.2) is 23.0 Å². The maximum Gasteiger partial charge on any atom is 0.305 e. The summed E-state index contributed by atoms with van der Waals surface area (Å²) in [5, 5.41) is 10.8. The molecule has 0 radical (unpaired) electrons. The summed E-state index contributed by atoms with van der Waals surface area (Å²) in [4.78, 5) is 23.9. The second-order valence-electron chi connectivity index (χ2n) is 9.74. The lowest BCUT2D eigenvalue weighted by Crippen LogP contribution is -2.52. The largest absolute Gasteiger partial charge is 0.511 e. The van der Waals surface area contributed by atoms with Crippen LogP contribution in [0.1, 0.15) is 66.2 Å². The third kappa shape index (κ3) is 2.55. The van der Waals surface area contributed by atoms with E-state index in [9.17, 15) is 14.7 Å². The smallest absolute Gasteiger partial charge is 0.305 e. The summed E-state index contributed by atoms with van der Waals surface area (Å²) in [5.41, 5.74) is 0.726. The molecule has 0 heterocycles. The zero-order chi connectivity index (χ0) is 19.6. The van der Waals surface area contributed by atoms with Crippen LogP contribution in [0.4, 0.5) is 0 Å². The van der Waals surface area contributed by atoms with Crippen LogP contribution in [0.3, 0.4) is 0 Å². The number of rotatable bonds is 2. The van der Waals surface area contributed by atoms with Crippen molar-refractivity contribution in [3.8, 4) is 0 Å². The maximum absolute atomic E-state index is 12.0. The molecule has 2 unspecified atom stereocenters. The minimum absolute atomic E-state index is 0.00211. The molecule has 0 saturated heterocycles. The molecular weight excluding hydrogens is 340 g/mol. The Labute approximate surface area is 162 Å². The van der Waals surface area contributed by atoms with Gasteiger partial charge in [0.05, 0.1) is 0 Å². The number of ether oxygens (including phenoxy) is 1. The van der Waals surface area contributed by atoms with Gasteiger partial charge in [0.1, 0.15) is 11.9 Å². The van der Waals surface area contributed by atoms with Crippen molar-refractivity contribution in [3.63, 3.8) is 0 Å². The molecule has 0 aliphatic heterocycles. The number of ketones is 1. The Hall–Kier alpha value is -1.58. The van der Waals surface area contributed by atoms with E-state index in [1.807, 2.05) is 6.92 Å². The van der Waals surface area contributed by atoms with E-state index in [0.717, 1.165) is 37.7 Å². The molecule has 0 aromatic carbocycles. The molecule has 148 valence electrons. The Balaban J connectivity index is 1.66. The summed E-state index contributed by atoms with van der Waals surface area (Å²) in [7, 11) is 0. The summed E-state index contributed by atoms with van der Waals surface area (Å²) in [6.45, 7) is 8.52. The van der Waals surface area contributed by atoms with Crippen molar-refractivity contribution in [2.45, 2.75) is 72.3 Å². The molecule has 0 spiro atoms. The quantitative estimate of drug-likeness (QED) is 0.711. The minimum atomic E-state index is -0.403. The molecule has 27 heavy (non-hydrogen) atoms. The van der Waals surface area contributed by atoms with Crippen molar-refractivity contribution >= 4 is 11.8 Å². The molecule has 0 amide bonds. The number of esters is 1. The fourth-order valence-corrected chi connectivity index (χ4v) is 7.10. The normalized spacial score (nSPS) is 45.9. The second-order valence-corrected chi connectivity index (χ2v) is 9.74. The predicted octanol–water partition coefficient (Wildman–Crippen LogP) is 4.75. The van der Waals surface area contributed by atoms with Gasteiger partial charge in [-0.1, -0.05) is 26.3 Å². The number of allylic oxidation sites excluding steroid dienone is 3. The maximum atomic E-state index is 12.0. The van der Waals surface area contributed by atoms with Gasteiger partial charge in [-0.2, -0.15) is 0 Å². The van der Waals surface area contributed by atoms with Crippen LogP contribution in [-0.2, 0) is 14.3 Å². The van der Waals surface area contributed by atoms with E-state index in [2.05, 4.69) is 20.8 Å². The Morgan fingerprint density at radius 2 is 2.00 bits per heavy atom. The highest BCUT2D eigenvalue weighted by molar-refractivity contribution is 6.01. The molecular formula is C23H32O4. The standard InChI is InChI=1S/C23H32O4/c1-5-20(26)27-21-13(2)10-18-16-7-6-14-11-15(24)12-19(25)23(14,4)17(16)8-9-22(18,21)3/h11-13,16-18,21,25H,5-10H2,1-4H3/t13?,16-,17+,18+,21?,22+,23+/m1/s1. The number of aliphatic hydroxyl groups excluding tert-OH is 1. The van der Waals surface area contributed by atoms with Crippen LogP contribution >= 0.6 is 0 Å². The number of aliphatic hydroxyl groups is 1. The van der Waals surface area contributed by atoms with E-state index in [-0.39, 0.29) is 29.0 Å². The average molecular weight is 373 g/mol. The molecule has 4 aliphatic rings. The second kappa shape index (κ2) is 6.22. The molecule has 3 saturated carbocycles. The van der Waals surface area contributed by atoms with E-state index >= 15 is 0 Å². The van der Waals surface area contributed by atoms with Gasteiger partial charge in [-0.05, 0) is 68.8 Å². The average Bonchev–Trinajstić information content (AvgIpc) is 2.87. The third-order valence-electron chi connectivity index (χ3n) is 8.50. The molecule has 7 atom stereocenters. The van der Waals surface area contributed by atoms with Crippen molar-refractivity contribution in [3.05, 3.63) is 23.5 Å². The van der Waals surface area contributed by atoms with Crippen LogP contribution in [0.2, 0.25) is 0 Å². The first-order chi connectivity index (χ1) is 12.7. The minimum Gasteiger partial charge on any atom is -0.511 e. The van der Waals surface area contributed by atoms with E-state index in [0.29, 0.717) is 30.1 Å². The molecule has 0 aromatic heterocycles. The molecule has 4 heteroatoms. The fraction of sp³-hybridized carbons (Fsp3) is 0.739. The first-order valence-electron chi connectivity index (χ1n) is 10.6. The lowest BCUT2D eigenvalue weighted by atomic mass is 9.48. The lowest BCUT2D eigenvalue weighted by Gasteiger charge is -2.57. The van der Waals surface area contributed by atoms with Gasteiger partial charge in [0, 0.05) is 23.3 Å². The Bertz CT molecular complexity index is 735. The molecule has 4 nitrogen and oxygen atoms in total. The zero-order valence-corrected chi connectivity index (χ0v) is 17.0. The Morgan fingerprint density at radius 3 is 2.70 bits per heavy atom. The van der Waals surface area contributed by atoms with Crippen molar-refractivity contribution in [2.75, 3.05) is 0 Å². The van der Waals surface area contributed by atoms with E-state index in [4.69, 9.17) is 4.74 Å². The first-order valence-corrected chi connectivity index (χ1v) is 10.6. The SMILES string of the molecule is CCC(=O)OC1C(C)C[C@H]2[C@@H]3CCC4=CC(=O)C=C(O)[C@]4(C)[C@H]3CC[C@]12C. The number of fused-ring (bicyclic) bond motifs is 5. The number of hydrogen-bond donors (Lipinski definition) is 1. The molecule has 3 fully saturated rings. The lowest BCUT2D eigenvalue weighted by molar-refractivity contribution is -0.161. The summed E-state index contributed by atoms with van der Waals surface area (Å²) in [6.07, 6.45) is 8.63. The molecule has 0 bridgehead atoms. The van der Waals surface area contributed by atoms with Gasteiger partial charge in [0.25, 0.3) is 0 Å². The van der Waals surface area contributed by atoms with Crippen LogP contribution in [0, 0.1) is 34.5 Å². The van der Waals surface area contributed by atoms with Gasteiger partial charge in [-0.15, -0.1) is 0 Å². The third-order valence-corrected chi connectivity index (χ3v) is 8.50. The van der Waals surface area contributed by atoms with E-state index in [1.165, 1.54) is 6.08 Å². The zero-order valence-electron chi connectivity index (χ0n) is 17.0. The van der Waals surface area contributed by atoms with Crippen molar-refractivity contribution in [1.82, 2.24) is 0 Å². The predicted molar refractivity (Wildman–Crippen MR) is 103 cm³/mol. The van der Waals surface area contributed by atoms with Crippen molar-refractivity contribution in [1.29, 1.82) is 0 Å². The van der Waals surface area contributed by atoms with Crippen LogP contribution in [0.25, 0.3) is 0 Å². The highest BCUT2D eigenvalue weighted by atomic mass is 16.5. The molecule has 1 N–H and O–H groups in total. The fourth-order valence-electron chi connectivity index (χ4n) is 7.10. The summed E-state index contributed by atoms with van der Waals surface area (Å²) in [5.74, 6) is 1.81. The molecule has 4 aliphatic carbocycles.